The first-order valence-corrected chi connectivity index (χ1v) is 5.54. The van der Waals surface area contributed by atoms with Crippen molar-refractivity contribution < 1.29 is 19.0 Å². The predicted molar refractivity (Wildman–Crippen MR) is 60.4 cm³/mol. The molecule has 0 aliphatic heterocycles. The number of carbonyl (C=O) groups is 1. The molecule has 0 atom stereocenters. The Morgan fingerprint density at radius 3 is 2.53 bits per heavy atom. The first-order chi connectivity index (χ1) is 8.22. The fourth-order valence-corrected chi connectivity index (χ4v) is 1.54. The van der Waals surface area contributed by atoms with E-state index >= 15 is 0 Å². The summed E-state index contributed by atoms with van der Waals surface area (Å²) in [6, 6.07) is 3.10. The average molecular weight is 237 g/mol. The normalized spacial score (nSPS) is 14.9. The molecule has 0 unspecified atom stereocenters. The lowest BCUT2D eigenvalue weighted by molar-refractivity contribution is 0.0597. The number of esters is 1. The molecule has 1 aromatic heterocycles. The topological polar surface area (TPSA) is 57.7 Å². The molecule has 92 valence electrons. The highest BCUT2D eigenvalue weighted by Crippen LogP contribution is 2.26. The standard InChI is InChI=1S/C12H15NO4/c1-15-10-6-8(12(14)16-2)7-11(13-10)17-9-4-3-5-9/h6-7,9H,3-5H2,1-2H3. The fraction of sp³-hybridized carbons (Fsp3) is 0.500. The Kier molecular flexibility index (Phi) is 3.46. The van der Waals surface area contributed by atoms with Crippen molar-refractivity contribution in [1.82, 2.24) is 4.98 Å². The van der Waals surface area contributed by atoms with E-state index < -0.39 is 5.97 Å². The Bertz CT molecular complexity index is 415. The molecule has 1 heterocycles. The maximum atomic E-state index is 11.4. The highest BCUT2D eigenvalue weighted by Gasteiger charge is 2.21. The van der Waals surface area contributed by atoms with Gasteiger partial charge in [-0.05, 0) is 19.3 Å². The highest BCUT2D eigenvalue weighted by atomic mass is 16.5. The molecule has 0 saturated heterocycles. The van der Waals surface area contributed by atoms with Gasteiger partial charge in [-0.3, -0.25) is 0 Å². The summed E-state index contributed by atoms with van der Waals surface area (Å²) in [6.07, 6.45) is 3.46. The van der Waals surface area contributed by atoms with Crippen LogP contribution in [0.3, 0.4) is 0 Å². The summed E-state index contributed by atoms with van der Waals surface area (Å²) < 4.78 is 15.3. The van der Waals surface area contributed by atoms with Crippen molar-refractivity contribution in [1.29, 1.82) is 0 Å². The zero-order valence-corrected chi connectivity index (χ0v) is 9.93. The Hall–Kier alpha value is -1.78. The molecule has 1 aliphatic carbocycles. The van der Waals surface area contributed by atoms with E-state index in [1.165, 1.54) is 26.7 Å². The third-order valence-electron chi connectivity index (χ3n) is 2.75. The zero-order valence-electron chi connectivity index (χ0n) is 9.93. The van der Waals surface area contributed by atoms with Crippen LogP contribution in [0.15, 0.2) is 12.1 Å². The lowest BCUT2D eigenvalue weighted by Crippen LogP contribution is -2.25. The van der Waals surface area contributed by atoms with Crippen LogP contribution in [0.5, 0.6) is 11.8 Å². The molecule has 0 amide bonds. The molecular weight excluding hydrogens is 222 g/mol. The van der Waals surface area contributed by atoms with Gasteiger partial charge in [-0.25, -0.2) is 4.79 Å². The second-order valence-electron chi connectivity index (χ2n) is 3.90. The molecule has 0 spiro atoms. The van der Waals surface area contributed by atoms with Gasteiger partial charge in [0.05, 0.1) is 19.8 Å². The summed E-state index contributed by atoms with van der Waals surface area (Å²) in [5.74, 6) is 0.334. The molecule has 1 fully saturated rings. The van der Waals surface area contributed by atoms with Crippen LogP contribution in [-0.4, -0.2) is 31.3 Å². The Balaban J connectivity index is 2.21. The monoisotopic (exact) mass is 237 g/mol. The minimum Gasteiger partial charge on any atom is -0.481 e. The van der Waals surface area contributed by atoms with E-state index in [2.05, 4.69) is 9.72 Å². The molecule has 0 N–H and O–H groups in total. The Morgan fingerprint density at radius 1 is 1.29 bits per heavy atom. The molecule has 2 rings (SSSR count). The number of nitrogens with zero attached hydrogens (tertiary/aromatic N) is 1. The smallest absolute Gasteiger partial charge is 0.338 e. The molecule has 1 saturated carbocycles. The summed E-state index contributed by atoms with van der Waals surface area (Å²) in [6.45, 7) is 0. The van der Waals surface area contributed by atoms with Crippen molar-refractivity contribution in [3.05, 3.63) is 17.7 Å². The quantitative estimate of drug-likeness (QED) is 0.747. The molecule has 0 bridgehead atoms. The van der Waals surface area contributed by atoms with Crippen molar-refractivity contribution in [2.45, 2.75) is 25.4 Å². The van der Waals surface area contributed by atoms with Crippen LogP contribution in [0.2, 0.25) is 0 Å². The van der Waals surface area contributed by atoms with Gasteiger partial charge in [-0.2, -0.15) is 4.98 Å². The van der Waals surface area contributed by atoms with Gasteiger partial charge in [-0.15, -0.1) is 0 Å². The van der Waals surface area contributed by atoms with Crippen molar-refractivity contribution in [2.75, 3.05) is 14.2 Å². The average Bonchev–Trinajstić information content (AvgIpc) is 2.32. The zero-order chi connectivity index (χ0) is 12.3. The van der Waals surface area contributed by atoms with Gasteiger partial charge >= 0.3 is 5.97 Å². The van der Waals surface area contributed by atoms with Crippen LogP contribution in [-0.2, 0) is 4.74 Å². The first-order valence-electron chi connectivity index (χ1n) is 5.54. The summed E-state index contributed by atoms with van der Waals surface area (Å²) >= 11 is 0. The molecule has 0 radical (unpaired) electrons. The van der Waals surface area contributed by atoms with Crippen LogP contribution < -0.4 is 9.47 Å². The predicted octanol–water partition coefficient (Wildman–Crippen LogP) is 1.81. The van der Waals surface area contributed by atoms with Gasteiger partial charge in [0.1, 0.15) is 6.10 Å². The van der Waals surface area contributed by atoms with Gasteiger partial charge in [0.15, 0.2) is 0 Å². The first kappa shape index (κ1) is 11.7. The SMILES string of the molecule is COC(=O)c1cc(OC)nc(OC2CCC2)c1. The maximum Gasteiger partial charge on any atom is 0.338 e. The molecule has 0 aromatic carbocycles. The van der Waals surface area contributed by atoms with E-state index in [0.29, 0.717) is 17.3 Å². The van der Waals surface area contributed by atoms with E-state index in [0.717, 1.165) is 12.8 Å². The summed E-state index contributed by atoms with van der Waals surface area (Å²) in [4.78, 5) is 15.6. The Morgan fingerprint density at radius 2 is 2.00 bits per heavy atom. The van der Waals surface area contributed by atoms with E-state index in [9.17, 15) is 4.79 Å². The maximum absolute atomic E-state index is 11.4. The molecular formula is C12H15NO4. The number of hydrogen-bond acceptors (Lipinski definition) is 5. The van der Waals surface area contributed by atoms with Gasteiger partial charge in [0, 0.05) is 12.1 Å². The summed E-state index contributed by atoms with van der Waals surface area (Å²) in [5.41, 5.74) is 0.383. The summed E-state index contributed by atoms with van der Waals surface area (Å²) in [5, 5.41) is 0. The number of carbonyl (C=O) groups excluding carboxylic acids is 1. The molecule has 1 aromatic rings. The van der Waals surface area contributed by atoms with E-state index in [1.54, 1.807) is 6.07 Å². The lowest BCUT2D eigenvalue weighted by atomic mass is 9.96. The number of ether oxygens (including phenoxy) is 3. The minimum atomic E-state index is -0.427. The van der Waals surface area contributed by atoms with Crippen LogP contribution in [0.25, 0.3) is 0 Å². The third kappa shape index (κ3) is 2.67. The lowest BCUT2D eigenvalue weighted by Gasteiger charge is -2.25. The van der Waals surface area contributed by atoms with Gasteiger partial charge in [-0.1, -0.05) is 0 Å². The molecule has 5 heteroatoms. The largest absolute Gasteiger partial charge is 0.481 e. The second kappa shape index (κ2) is 5.03. The van der Waals surface area contributed by atoms with Crippen LogP contribution >= 0.6 is 0 Å². The number of pyridine rings is 1. The van der Waals surface area contributed by atoms with Crippen LogP contribution in [0.1, 0.15) is 29.6 Å². The number of hydrogen-bond donors (Lipinski definition) is 0. The van der Waals surface area contributed by atoms with E-state index in [1.807, 2.05) is 0 Å². The molecule has 17 heavy (non-hydrogen) atoms. The number of methoxy groups -OCH3 is 2. The van der Waals surface area contributed by atoms with Crippen molar-refractivity contribution in [3.8, 4) is 11.8 Å². The number of aromatic nitrogens is 1. The molecule has 5 nitrogen and oxygen atoms in total. The minimum absolute atomic E-state index is 0.208. The molecule has 1 aliphatic rings. The fourth-order valence-electron chi connectivity index (χ4n) is 1.54. The highest BCUT2D eigenvalue weighted by molar-refractivity contribution is 5.89. The van der Waals surface area contributed by atoms with E-state index in [-0.39, 0.29) is 6.10 Å². The second-order valence-corrected chi connectivity index (χ2v) is 3.90. The van der Waals surface area contributed by atoms with Gasteiger partial charge < -0.3 is 14.2 Å². The third-order valence-corrected chi connectivity index (χ3v) is 2.75. The van der Waals surface area contributed by atoms with Crippen molar-refractivity contribution in [2.24, 2.45) is 0 Å². The number of rotatable bonds is 4. The van der Waals surface area contributed by atoms with Crippen molar-refractivity contribution in [3.63, 3.8) is 0 Å². The van der Waals surface area contributed by atoms with Crippen molar-refractivity contribution >= 4 is 5.97 Å². The van der Waals surface area contributed by atoms with Crippen LogP contribution in [0.4, 0.5) is 0 Å². The Labute approximate surface area is 99.7 Å². The van der Waals surface area contributed by atoms with Crippen LogP contribution in [0, 0.1) is 0 Å². The van der Waals surface area contributed by atoms with Gasteiger partial charge in [0.25, 0.3) is 0 Å². The van der Waals surface area contributed by atoms with E-state index in [4.69, 9.17) is 9.47 Å². The summed E-state index contributed by atoms with van der Waals surface area (Å²) in [7, 11) is 2.83. The van der Waals surface area contributed by atoms with Gasteiger partial charge in [0.2, 0.25) is 11.8 Å².